The maximum Gasteiger partial charge on any atom is 0.251 e. The number of aliphatic hydroxyl groups is 1. The Kier molecular flexibility index (Phi) is 6.26. The molecule has 0 spiro atoms. The normalized spacial score (nSPS) is 15.6. The van der Waals surface area contributed by atoms with E-state index in [1.165, 1.54) is 12.8 Å². The van der Waals surface area contributed by atoms with Gasteiger partial charge in [-0.2, -0.15) is 0 Å². The number of hydrogen-bond acceptors (Lipinski definition) is 4. The van der Waals surface area contributed by atoms with Crippen molar-refractivity contribution < 1.29 is 14.6 Å². The minimum Gasteiger partial charge on any atom is -0.497 e. The number of hydrogen-bond donors (Lipinski definition) is 2. The first-order chi connectivity index (χ1) is 12.7. The lowest BCUT2D eigenvalue weighted by molar-refractivity contribution is 0.0879. The topological polar surface area (TPSA) is 61.8 Å². The van der Waals surface area contributed by atoms with Crippen LogP contribution in [0.2, 0.25) is 0 Å². The molecule has 1 heterocycles. The van der Waals surface area contributed by atoms with E-state index < -0.39 is 6.10 Å². The Bertz CT molecular complexity index is 742. The van der Waals surface area contributed by atoms with Crippen molar-refractivity contribution in [1.29, 1.82) is 0 Å². The number of rotatable bonds is 7. The Hall–Kier alpha value is -2.37. The molecule has 0 radical (unpaired) electrons. The average molecular weight is 354 g/mol. The first kappa shape index (κ1) is 18.4. The summed E-state index contributed by atoms with van der Waals surface area (Å²) in [6.45, 7) is 2.95. The zero-order valence-corrected chi connectivity index (χ0v) is 15.1. The van der Waals surface area contributed by atoms with Crippen molar-refractivity contribution in [2.24, 2.45) is 0 Å². The van der Waals surface area contributed by atoms with Crippen LogP contribution in [0.25, 0.3) is 11.1 Å². The van der Waals surface area contributed by atoms with Gasteiger partial charge in [-0.25, -0.2) is 0 Å². The van der Waals surface area contributed by atoms with Crippen LogP contribution in [0.15, 0.2) is 48.5 Å². The number of amides is 1. The van der Waals surface area contributed by atoms with E-state index in [0.717, 1.165) is 30.0 Å². The summed E-state index contributed by atoms with van der Waals surface area (Å²) in [5.74, 6) is 0.609. The van der Waals surface area contributed by atoms with Crippen molar-refractivity contribution >= 4 is 5.91 Å². The summed E-state index contributed by atoms with van der Waals surface area (Å²) >= 11 is 0. The van der Waals surface area contributed by atoms with Crippen molar-refractivity contribution in [2.45, 2.75) is 18.9 Å². The molecule has 2 aromatic rings. The molecule has 1 aliphatic heterocycles. The van der Waals surface area contributed by atoms with Gasteiger partial charge in [-0.1, -0.05) is 24.3 Å². The molecule has 0 bridgehead atoms. The summed E-state index contributed by atoms with van der Waals surface area (Å²) < 4.78 is 5.26. The number of benzene rings is 2. The number of nitrogens with one attached hydrogen (secondary N) is 1. The zero-order valence-electron chi connectivity index (χ0n) is 15.1. The summed E-state index contributed by atoms with van der Waals surface area (Å²) in [4.78, 5) is 14.7. The highest BCUT2D eigenvalue weighted by Gasteiger charge is 2.16. The lowest BCUT2D eigenvalue weighted by Gasteiger charge is -2.19. The van der Waals surface area contributed by atoms with Crippen LogP contribution in [0.1, 0.15) is 23.2 Å². The third kappa shape index (κ3) is 4.84. The maximum atomic E-state index is 12.4. The molecule has 1 amide bonds. The van der Waals surface area contributed by atoms with E-state index in [2.05, 4.69) is 10.2 Å². The molecule has 26 heavy (non-hydrogen) atoms. The minimum atomic E-state index is -0.543. The van der Waals surface area contributed by atoms with E-state index in [0.29, 0.717) is 12.1 Å². The van der Waals surface area contributed by atoms with Gasteiger partial charge in [0, 0.05) is 18.7 Å². The first-order valence-corrected chi connectivity index (χ1v) is 9.09. The van der Waals surface area contributed by atoms with Crippen LogP contribution in [0.4, 0.5) is 0 Å². The molecule has 3 rings (SSSR count). The summed E-state index contributed by atoms with van der Waals surface area (Å²) in [5.41, 5.74) is 2.53. The summed E-state index contributed by atoms with van der Waals surface area (Å²) in [6, 6.07) is 15.2. The van der Waals surface area contributed by atoms with Crippen molar-refractivity contribution in [3.05, 3.63) is 54.1 Å². The Morgan fingerprint density at radius 1 is 1.15 bits per heavy atom. The highest BCUT2D eigenvalue weighted by atomic mass is 16.5. The van der Waals surface area contributed by atoms with Crippen LogP contribution >= 0.6 is 0 Å². The summed E-state index contributed by atoms with van der Waals surface area (Å²) in [7, 11) is 1.64. The number of methoxy groups -OCH3 is 1. The van der Waals surface area contributed by atoms with Gasteiger partial charge in [0.2, 0.25) is 0 Å². The molecule has 2 N–H and O–H groups in total. The third-order valence-corrected chi connectivity index (χ3v) is 4.69. The molecule has 0 aromatic heterocycles. The smallest absolute Gasteiger partial charge is 0.251 e. The molecule has 2 aromatic carbocycles. The molecule has 5 nitrogen and oxygen atoms in total. The molecule has 0 aliphatic carbocycles. The van der Waals surface area contributed by atoms with Gasteiger partial charge in [-0.15, -0.1) is 0 Å². The fourth-order valence-electron chi connectivity index (χ4n) is 3.28. The van der Waals surface area contributed by atoms with Gasteiger partial charge in [0.05, 0.1) is 13.2 Å². The van der Waals surface area contributed by atoms with Crippen molar-refractivity contribution in [1.82, 2.24) is 10.2 Å². The van der Waals surface area contributed by atoms with E-state index in [1.54, 1.807) is 13.2 Å². The highest BCUT2D eigenvalue weighted by molar-refractivity contribution is 5.95. The molecule has 1 atom stereocenters. The maximum absolute atomic E-state index is 12.4. The minimum absolute atomic E-state index is 0.171. The SMILES string of the molecule is COc1cccc(-c2cccc(C(=O)NCC(O)CN3CCCC3)c2)c1. The van der Waals surface area contributed by atoms with E-state index in [1.807, 2.05) is 42.5 Å². The number of aliphatic hydroxyl groups excluding tert-OH is 1. The molecular formula is C21H26N2O3. The van der Waals surface area contributed by atoms with E-state index in [9.17, 15) is 9.90 Å². The van der Waals surface area contributed by atoms with Gasteiger partial charge in [0.1, 0.15) is 5.75 Å². The second kappa shape index (κ2) is 8.83. The summed E-state index contributed by atoms with van der Waals surface area (Å²) in [5, 5.41) is 13.0. The molecule has 1 unspecified atom stereocenters. The van der Waals surface area contributed by atoms with Crippen LogP contribution in [0.3, 0.4) is 0 Å². The number of carbonyl (C=O) groups is 1. The number of ether oxygens (including phenoxy) is 1. The van der Waals surface area contributed by atoms with Crippen molar-refractivity contribution in [3.63, 3.8) is 0 Å². The van der Waals surface area contributed by atoms with Gasteiger partial charge in [-0.3, -0.25) is 4.79 Å². The Labute approximate surface area is 154 Å². The molecule has 1 aliphatic rings. The molecule has 1 saturated heterocycles. The second-order valence-corrected chi connectivity index (χ2v) is 6.68. The van der Waals surface area contributed by atoms with Crippen LogP contribution < -0.4 is 10.1 Å². The standard InChI is InChI=1S/C21H26N2O3/c1-26-20-9-5-7-17(13-20)16-6-4-8-18(12-16)21(25)22-14-19(24)15-23-10-2-3-11-23/h4-9,12-13,19,24H,2-3,10-11,14-15H2,1H3,(H,22,25). The largest absolute Gasteiger partial charge is 0.497 e. The lowest BCUT2D eigenvalue weighted by atomic mass is 10.0. The highest BCUT2D eigenvalue weighted by Crippen LogP contribution is 2.24. The predicted molar refractivity (Wildman–Crippen MR) is 102 cm³/mol. The Morgan fingerprint density at radius 2 is 1.85 bits per heavy atom. The molecule has 0 saturated carbocycles. The number of carbonyl (C=O) groups excluding carboxylic acids is 1. The Balaban J connectivity index is 1.60. The molecule has 138 valence electrons. The molecule has 5 heteroatoms. The fraction of sp³-hybridized carbons (Fsp3) is 0.381. The predicted octanol–water partition coefficient (Wildman–Crippen LogP) is 2.55. The molecule has 1 fully saturated rings. The van der Waals surface area contributed by atoms with Gasteiger partial charge < -0.3 is 20.1 Å². The number of nitrogens with zero attached hydrogens (tertiary/aromatic N) is 1. The average Bonchev–Trinajstić information content (AvgIpc) is 3.19. The van der Waals surface area contributed by atoms with Gasteiger partial charge in [-0.05, 0) is 61.3 Å². The third-order valence-electron chi connectivity index (χ3n) is 4.69. The fourth-order valence-corrected chi connectivity index (χ4v) is 3.28. The van der Waals surface area contributed by atoms with Gasteiger partial charge in [0.25, 0.3) is 5.91 Å². The Morgan fingerprint density at radius 3 is 2.58 bits per heavy atom. The first-order valence-electron chi connectivity index (χ1n) is 9.09. The van der Waals surface area contributed by atoms with Crippen molar-refractivity contribution in [2.75, 3.05) is 33.3 Å². The van der Waals surface area contributed by atoms with Crippen LogP contribution in [-0.4, -0.2) is 55.3 Å². The second-order valence-electron chi connectivity index (χ2n) is 6.68. The summed E-state index contributed by atoms with van der Waals surface area (Å²) in [6.07, 6.45) is 1.84. The van der Waals surface area contributed by atoms with E-state index in [-0.39, 0.29) is 12.5 Å². The lowest BCUT2D eigenvalue weighted by Crippen LogP contribution is -2.39. The molecular weight excluding hydrogens is 328 g/mol. The van der Waals surface area contributed by atoms with Gasteiger partial charge in [0.15, 0.2) is 0 Å². The number of likely N-dealkylation sites (tertiary alicyclic amines) is 1. The quantitative estimate of drug-likeness (QED) is 0.802. The van der Waals surface area contributed by atoms with Crippen molar-refractivity contribution in [3.8, 4) is 16.9 Å². The van der Waals surface area contributed by atoms with E-state index in [4.69, 9.17) is 4.74 Å². The number of β-amino-alcohol motifs (C(OH)–C–C–N with tert-alkyl or cyclic N) is 1. The van der Waals surface area contributed by atoms with Crippen LogP contribution in [-0.2, 0) is 0 Å². The van der Waals surface area contributed by atoms with Crippen LogP contribution in [0.5, 0.6) is 5.75 Å². The van der Waals surface area contributed by atoms with Gasteiger partial charge >= 0.3 is 0 Å². The zero-order chi connectivity index (χ0) is 18.4. The monoisotopic (exact) mass is 354 g/mol. The van der Waals surface area contributed by atoms with Crippen LogP contribution in [0, 0.1) is 0 Å². The van der Waals surface area contributed by atoms with E-state index >= 15 is 0 Å².